The van der Waals surface area contributed by atoms with Crippen molar-refractivity contribution in [1.82, 2.24) is 40.8 Å². The Morgan fingerprint density at radius 2 is 0.733 bits per heavy atom. The van der Waals surface area contributed by atoms with Crippen LogP contribution < -0.4 is 37.9 Å². The summed E-state index contributed by atoms with van der Waals surface area (Å²) in [6.45, 7) is 11.3. The van der Waals surface area contributed by atoms with E-state index in [1.165, 1.54) is 7.11 Å². The Morgan fingerprint density at radius 1 is 0.407 bits per heavy atom. The van der Waals surface area contributed by atoms with Crippen LogP contribution in [0.4, 0.5) is 0 Å². The Morgan fingerprint density at radius 3 is 1.05 bits per heavy atom. The third-order valence-electron chi connectivity index (χ3n) is 11.9. The van der Waals surface area contributed by atoms with E-state index in [1.807, 2.05) is 113 Å². The van der Waals surface area contributed by atoms with Crippen LogP contribution in [0.25, 0.3) is 90.5 Å². The first-order chi connectivity index (χ1) is 42.1. The fourth-order valence-electron chi connectivity index (χ4n) is 7.93. The van der Waals surface area contributed by atoms with Crippen LogP contribution in [0.5, 0.6) is 47.3 Å². The molecule has 2 aliphatic rings. The molecule has 0 saturated carbocycles. The zero-order valence-electron chi connectivity index (χ0n) is 47.4. The SMILES string of the molecule is CCOc1nnc(-c2cc3c(OCOC)cccc3o2)o1.CCOc1nnc(-c2cc3c(OC[C@@H]4CO4)cccc3o2)o1.COCOc1cccc2oc(-c3nnc(OC(C)C)o3)cc12.COc1nnc(-c2cc3c(OC[C@@H]4CO4)cccc3o2)o1. The average molecular weight is 1190 g/mol. The van der Waals surface area contributed by atoms with Crippen LogP contribution in [0.2, 0.25) is 0 Å². The zero-order valence-corrected chi connectivity index (χ0v) is 47.4. The number of hydrogen-bond acceptors (Lipinski definition) is 28. The van der Waals surface area contributed by atoms with Crippen LogP contribution in [0, 0.1) is 0 Å². The highest BCUT2D eigenvalue weighted by Crippen LogP contribution is 2.38. The molecule has 28 nitrogen and oxygen atoms in total. The number of epoxide rings is 2. The summed E-state index contributed by atoms with van der Waals surface area (Å²) >= 11 is 0. The normalized spacial score (nSPS) is 14.0. The lowest BCUT2D eigenvalue weighted by Gasteiger charge is -2.04. The Bertz CT molecular complexity index is 4110. The zero-order chi connectivity index (χ0) is 59.4. The fourth-order valence-corrected chi connectivity index (χ4v) is 7.93. The quantitative estimate of drug-likeness (QED) is 0.0424. The van der Waals surface area contributed by atoms with Gasteiger partial charge in [-0.1, -0.05) is 44.7 Å². The van der Waals surface area contributed by atoms with Gasteiger partial charge in [-0.25, -0.2) is 0 Å². The van der Waals surface area contributed by atoms with E-state index >= 15 is 0 Å². The maximum atomic E-state index is 5.76. The highest BCUT2D eigenvalue weighted by atomic mass is 16.7. The monoisotopic (exact) mass is 1180 g/mol. The van der Waals surface area contributed by atoms with Gasteiger partial charge in [0.1, 0.15) is 70.8 Å². The van der Waals surface area contributed by atoms with E-state index in [-0.39, 0.29) is 79.8 Å². The van der Waals surface area contributed by atoms with Gasteiger partial charge in [-0.15, -0.1) is 20.4 Å². The number of fused-ring (bicyclic) bond motifs is 4. The molecule has 2 saturated heterocycles. The maximum absolute atomic E-state index is 5.76. The van der Waals surface area contributed by atoms with Gasteiger partial charge in [0.15, 0.2) is 36.6 Å². The van der Waals surface area contributed by atoms with Crippen molar-refractivity contribution in [3.63, 3.8) is 0 Å². The number of methoxy groups -OCH3 is 3. The molecule has 0 unspecified atom stereocenters. The van der Waals surface area contributed by atoms with E-state index in [0.29, 0.717) is 83.3 Å². The predicted molar refractivity (Wildman–Crippen MR) is 298 cm³/mol. The third kappa shape index (κ3) is 14.2. The van der Waals surface area contributed by atoms with Crippen molar-refractivity contribution in [2.75, 3.05) is 74.6 Å². The maximum Gasteiger partial charge on any atom is 0.415 e. The van der Waals surface area contributed by atoms with Crippen molar-refractivity contribution in [2.45, 2.75) is 46.0 Å². The largest absolute Gasteiger partial charge is 0.490 e. The molecule has 0 bridgehead atoms. The molecule has 14 rings (SSSR count). The van der Waals surface area contributed by atoms with Gasteiger partial charge in [-0.3, -0.25) is 0 Å². The van der Waals surface area contributed by atoms with Gasteiger partial charge >= 0.3 is 24.3 Å². The highest BCUT2D eigenvalue weighted by molar-refractivity contribution is 5.90. The number of nitrogens with zero attached hydrogens (tertiary/aromatic N) is 8. The van der Waals surface area contributed by atoms with E-state index in [9.17, 15) is 0 Å². The minimum Gasteiger partial charge on any atom is -0.490 e. The summed E-state index contributed by atoms with van der Waals surface area (Å²) in [6.07, 6.45) is 0.800. The van der Waals surface area contributed by atoms with Gasteiger partial charge in [0.25, 0.3) is 23.6 Å². The Kier molecular flexibility index (Phi) is 18.1. The molecule has 0 amide bonds. The van der Waals surface area contributed by atoms with Crippen molar-refractivity contribution < 1.29 is 92.2 Å². The van der Waals surface area contributed by atoms with Crippen molar-refractivity contribution in [3.8, 4) is 93.9 Å². The molecule has 2 aliphatic heterocycles. The summed E-state index contributed by atoms with van der Waals surface area (Å²) in [5, 5.41) is 34.0. The van der Waals surface area contributed by atoms with Crippen LogP contribution in [-0.2, 0) is 18.9 Å². The topological polar surface area (TPSA) is 326 Å². The van der Waals surface area contributed by atoms with E-state index in [2.05, 4.69) is 40.8 Å². The molecule has 2 fully saturated rings. The second-order valence-corrected chi connectivity index (χ2v) is 18.5. The number of ether oxygens (including phenoxy) is 12. The summed E-state index contributed by atoms with van der Waals surface area (Å²) in [6, 6.07) is 29.4. The smallest absolute Gasteiger partial charge is 0.415 e. The molecule has 86 heavy (non-hydrogen) atoms. The Hall–Kier alpha value is -10.2. The molecule has 448 valence electrons. The van der Waals surface area contributed by atoms with Crippen molar-refractivity contribution in [3.05, 3.63) is 97.1 Å². The molecule has 10 heterocycles. The van der Waals surface area contributed by atoms with Gasteiger partial charge in [0.2, 0.25) is 0 Å². The minimum absolute atomic E-state index is 0.0435. The Balaban J connectivity index is 0.000000119. The van der Waals surface area contributed by atoms with E-state index in [0.717, 1.165) is 46.3 Å². The molecular formula is C58H56N8O20. The second kappa shape index (κ2) is 27.0. The van der Waals surface area contributed by atoms with Crippen LogP contribution >= 0.6 is 0 Å². The van der Waals surface area contributed by atoms with Crippen LogP contribution in [0.1, 0.15) is 27.7 Å². The van der Waals surface area contributed by atoms with Crippen LogP contribution in [0.3, 0.4) is 0 Å². The first-order valence-electron chi connectivity index (χ1n) is 26.8. The van der Waals surface area contributed by atoms with E-state index < -0.39 is 0 Å². The lowest BCUT2D eigenvalue weighted by Crippen LogP contribution is -2.05. The minimum atomic E-state index is -0.0435. The van der Waals surface area contributed by atoms with Gasteiger partial charge in [0.05, 0.1) is 61.2 Å². The molecule has 2 atom stereocenters. The molecule has 28 heteroatoms. The first kappa shape index (κ1) is 57.6. The van der Waals surface area contributed by atoms with Crippen molar-refractivity contribution in [1.29, 1.82) is 0 Å². The van der Waals surface area contributed by atoms with Crippen molar-refractivity contribution in [2.24, 2.45) is 0 Å². The first-order valence-corrected chi connectivity index (χ1v) is 26.8. The van der Waals surface area contributed by atoms with Gasteiger partial charge in [-0.05, 0) is 76.2 Å². The molecular weight excluding hydrogens is 1130 g/mol. The number of rotatable bonds is 23. The van der Waals surface area contributed by atoms with Gasteiger partial charge < -0.3 is 92.2 Å². The summed E-state index contributed by atoms with van der Waals surface area (Å²) < 4.78 is 107. The second-order valence-electron chi connectivity index (χ2n) is 18.5. The van der Waals surface area contributed by atoms with Crippen molar-refractivity contribution >= 4 is 43.9 Å². The summed E-state index contributed by atoms with van der Waals surface area (Å²) in [5.74, 6) is 5.71. The van der Waals surface area contributed by atoms with Crippen LogP contribution in [-0.4, -0.2) is 134 Å². The molecule has 12 aromatic rings. The summed E-state index contributed by atoms with van der Waals surface area (Å²) in [5.41, 5.74) is 2.71. The van der Waals surface area contributed by atoms with Crippen LogP contribution in [0.15, 0.2) is 132 Å². The average Bonchev–Trinajstić information content (AvgIpc) is 2.87. The van der Waals surface area contributed by atoms with Gasteiger partial charge in [-0.2, -0.15) is 0 Å². The van der Waals surface area contributed by atoms with Gasteiger partial charge in [0, 0.05) is 38.5 Å². The number of furan rings is 4. The Labute approximate surface area is 486 Å². The molecule has 8 aromatic heterocycles. The number of aromatic nitrogens is 8. The standard InChI is InChI=1S/C15H14N2O5.C15H16N2O5.C14H12N2O5.C14H14N2O5/c1-2-18-15-17-16-14(22-15)13-6-10-11(20-8-9-7-19-9)4-3-5-12(10)21-13;1-9(2)20-15-17-16-14(22-15)13-7-10-11(19-8-18-3)5-4-6-12(10)21-13;1-17-14-16-15-13(21-14)12-5-9-10(19-7-8-6-18-8)3-2-4-11(9)20-12;1-3-18-14-16-15-13(21-14)12-7-9-10(19-8-17-2)5-4-6-11(9)20-12/h3-6,9H,2,7-8H2,1H3;4-7,9H,8H2,1-3H3;2-5,8H,6-7H2,1H3;4-7H,3,8H2,1-2H3/t9-;;8-;/m0.0./s1. The lowest BCUT2D eigenvalue weighted by molar-refractivity contribution is 0.0520. The number of benzene rings is 4. The van der Waals surface area contributed by atoms with E-state index in [4.69, 9.17) is 92.2 Å². The number of hydrogen-bond donors (Lipinski definition) is 0. The molecule has 0 aliphatic carbocycles. The third-order valence-corrected chi connectivity index (χ3v) is 11.9. The van der Waals surface area contributed by atoms with E-state index in [1.54, 1.807) is 26.4 Å². The fraction of sp³-hybridized carbons (Fsp3) is 0.310. The molecule has 4 aromatic carbocycles. The summed E-state index contributed by atoms with van der Waals surface area (Å²) in [4.78, 5) is 0. The summed E-state index contributed by atoms with van der Waals surface area (Å²) in [7, 11) is 4.59. The predicted octanol–water partition coefficient (Wildman–Crippen LogP) is 11.0. The lowest BCUT2D eigenvalue weighted by atomic mass is 10.2. The molecule has 0 radical (unpaired) electrons. The highest BCUT2D eigenvalue weighted by Gasteiger charge is 2.26. The molecule has 0 N–H and O–H groups in total. The molecule has 0 spiro atoms.